The van der Waals surface area contributed by atoms with Crippen LogP contribution in [0.4, 0.5) is 0 Å². The van der Waals surface area contributed by atoms with Crippen LogP contribution in [0.15, 0.2) is 24.3 Å². The number of ether oxygens (including phenoxy) is 3. The summed E-state index contributed by atoms with van der Waals surface area (Å²) in [4.78, 5) is 15.0. The molecule has 0 radical (unpaired) electrons. The summed E-state index contributed by atoms with van der Waals surface area (Å²) in [6, 6.07) is 7.64. The van der Waals surface area contributed by atoms with E-state index in [-0.39, 0.29) is 42.7 Å². The second-order valence-electron chi connectivity index (χ2n) is 7.16. The van der Waals surface area contributed by atoms with Gasteiger partial charge in [-0.05, 0) is 36.5 Å². The molecule has 0 aliphatic carbocycles. The van der Waals surface area contributed by atoms with Crippen LogP contribution in [-0.2, 0) is 14.3 Å². The van der Waals surface area contributed by atoms with E-state index in [4.69, 9.17) is 19.9 Å². The Hall–Kier alpha value is -1.09. The molecule has 0 bridgehead atoms. The van der Waals surface area contributed by atoms with Crippen LogP contribution in [0.1, 0.15) is 24.4 Å². The molecule has 1 amide bonds. The van der Waals surface area contributed by atoms with Gasteiger partial charge in [-0.15, -0.1) is 24.8 Å². The molecular formula is C20H33Cl2N3O4. The van der Waals surface area contributed by atoms with Gasteiger partial charge in [0.15, 0.2) is 0 Å². The summed E-state index contributed by atoms with van der Waals surface area (Å²) in [5.74, 6) is 0.945. The highest BCUT2D eigenvalue weighted by molar-refractivity contribution is 5.85. The summed E-state index contributed by atoms with van der Waals surface area (Å²) in [5.41, 5.74) is 7.37. The van der Waals surface area contributed by atoms with E-state index in [1.165, 1.54) is 0 Å². The van der Waals surface area contributed by atoms with Crippen molar-refractivity contribution in [2.75, 3.05) is 53.2 Å². The summed E-state index contributed by atoms with van der Waals surface area (Å²) in [5, 5.41) is 3.09. The van der Waals surface area contributed by atoms with Gasteiger partial charge in [-0.2, -0.15) is 0 Å². The number of nitrogens with one attached hydrogen (secondary N) is 1. The second kappa shape index (κ2) is 13.3. The molecule has 2 aliphatic heterocycles. The molecule has 2 saturated heterocycles. The lowest BCUT2D eigenvalue weighted by Gasteiger charge is -2.35. The summed E-state index contributed by atoms with van der Waals surface area (Å²) >= 11 is 0. The minimum Gasteiger partial charge on any atom is -0.497 e. The number of halogens is 2. The number of hydrogen-bond acceptors (Lipinski definition) is 6. The molecule has 166 valence electrons. The first-order valence-corrected chi connectivity index (χ1v) is 9.76. The SMILES string of the molecule is COc1ccc(C(CNC(=O)C(N)C2CCOCC2)N2CCOCC2)cc1.Cl.Cl. The molecule has 2 fully saturated rings. The first-order chi connectivity index (χ1) is 13.2. The number of rotatable bonds is 7. The number of nitrogens with zero attached hydrogens (tertiary/aromatic N) is 1. The van der Waals surface area contributed by atoms with Crippen molar-refractivity contribution >= 4 is 30.7 Å². The number of carbonyl (C=O) groups excluding carboxylic acids is 1. The van der Waals surface area contributed by atoms with E-state index in [9.17, 15) is 4.79 Å². The van der Waals surface area contributed by atoms with Crippen molar-refractivity contribution in [1.82, 2.24) is 10.2 Å². The average molecular weight is 450 g/mol. The van der Waals surface area contributed by atoms with Crippen LogP contribution in [0.3, 0.4) is 0 Å². The summed E-state index contributed by atoms with van der Waals surface area (Å²) in [6.07, 6.45) is 1.69. The van der Waals surface area contributed by atoms with Gasteiger partial charge in [0.1, 0.15) is 5.75 Å². The number of benzene rings is 1. The van der Waals surface area contributed by atoms with Crippen LogP contribution in [-0.4, -0.2) is 70.0 Å². The highest BCUT2D eigenvalue weighted by Crippen LogP contribution is 2.24. The van der Waals surface area contributed by atoms with Crippen LogP contribution < -0.4 is 15.8 Å². The van der Waals surface area contributed by atoms with E-state index < -0.39 is 6.04 Å². The van der Waals surface area contributed by atoms with Crippen molar-refractivity contribution in [3.8, 4) is 5.75 Å². The van der Waals surface area contributed by atoms with Gasteiger partial charge in [0, 0.05) is 32.8 Å². The minimum absolute atomic E-state index is 0. The van der Waals surface area contributed by atoms with E-state index in [0.29, 0.717) is 33.0 Å². The van der Waals surface area contributed by atoms with Crippen LogP contribution in [0.25, 0.3) is 0 Å². The van der Waals surface area contributed by atoms with Gasteiger partial charge in [0.05, 0.1) is 32.4 Å². The predicted octanol–water partition coefficient (Wildman–Crippen LogP) is 1.78. The maximum Gasteiger partial charge on any atom is 0.237 e. The first kappa shape index (κ1) is 25.9. The Kier molecular flexibility index (Phi) is 11.9. The average Bonchev–Trinajstić information content (AvgIpc) is 2.75. The van der Waals surface area contributed by atoms with E-state index in [1.807, 2.05) is 12.1 Å². The Morgan fingerprint density at radius 3 is 2.31 bits per heavy atom. The maximum absolute atomic E-state index is 12.6. The molecule has 1 aromatic carbocycles. The van der Waals surface area contributed by atoms with Crippen LogP contribution in [0.2, 0.25) is 0 Å². The molecule has 0 aromatic heterocycles. The van der Waals surface area contributed by atoms with Crippen molar-refractivity contribution in [3.05, 3.63) is 29.8 Å². The Morgan fingerprint density at radius 1 is 1.14 bits per heavy atom. The molecule has 2 heterocycles. The van der Waals surface area contributed by atoms with E-state index >= 15 is 0 Å². The molecule has 2 atom stereocenters. The summed E-state index contributed by atoms with van der Waals surface area (Å²) < 4.78 is 16.1. The minimum atomic E-state index is -0.477. The van der Waals surface area contributed by atoms with Crippen molar-refractivity contribution in [2.45, 2.75) is 24.9 Å². The zero-order valence-electron chi connectivity index (χ0n) is 16.9. The topological polar surface area (TPSA) is 86.0 Å². The quantitative estimate of drug-likeness (QED) is 0.659. The van der Waals surface area contributed by atoms with Gasteiger partial charge >= 0.3 is 0 Å². The molecule has 29 heavy (non-hydrogen) atoms. The molecule has 1 aromatic rings. The standard InChI is InChI=1S/C20H31N3O4.2ClH/c1-25-17-4-2-15(3-5-17)18(23-8-12-27-13-9-23)14-22-20(24)19(21)16-6-10-26-11-7-16;;/h2-5,16,18-19H,6-14,21H2,1H3,(H,22,24);2*1H. The molecule has 0 spiro atoms. The van der Waals surface area contributed by atoms with E-state index in [0.717, 1.165) is 37.2 Å². The fourth-order valence-electron chi connectivity index (χ4n) is 3.78. The highest BCUT2D eigenvalue weighted by atomic mass is 35.5. The van der Waals surface area contributed by atoms with Crippen LogP contribution in [0, 0.1) is 5.92 Å². The number of carbonyl (C=O) groups is 1. The lowest BCUT2D eigenvalue weighted by Crippen LogP contribution is -2.50. The third-order valence-electron chi connectivity index (χ3n) is 5.53. The monoisotopic (exact) mass is 449 g/mol. The van der Waals surface area contributed by atoms with Gasteiger partial charge in [-0.3, -0.25) is 9.69 Å². The molecular weight excluding hydrogens is 417 g/mol. The normalized spacial score (nSPS) is 19.9. The van der Waals surface area contributed by atoms with Gasteiger partial charge in [-0.25, -0.2) is 0 Å². The fraction of sp³-hybridized carbons (Fsp3) is 0.650. The third-order valence-corrected chi connectivity index (χ3v) is 5.53. The molecule has 3 N–H and O–H groups in total. The van der Waals surface area contributed by atoms with Crippen molar-refractivity contribution in [1.29, 1.82) is 0 Å². The molecule has 2 unspecified atom stereocenters. The maximum atomic E-state index is 12.6. The number of hydrogen-bond donors (Lipinski definition) is 2. The van der Waals surface area contributed by atoms with Crippen molar-refractivity contribution in [3.63, 3.8) is 0 Å². The molecule has 2 aliphatic rings. The summed E-state index contributed by atoms with van der Waals surface area (Å²) in [7, 11) is 1.66. The predicted molar refractivity (Wildman–Crippen MR) is 117 cm³/mol. The van der Waals surface area contributed by atoms with Crippen molar-refractivity contribution < 1.29 is 19.0 Å². The van der Waals surface area contributed by atoms with Gasteiger partial charge < -0.3 is 25.3 Å². The second-order valence-corrected chi connectivity index (χ2v) is 7.16. The lowest BCUT2D eigenvalue weighted by molar-refractivity contribution is -0.124. The van der Waals surface area contributed by atoms with Crippen LogP contribution in [0.5, 0.6) is 5.75 Å². The van der Waals surface area contributed by atoms with Crippen molar-refractivity contribution in [2.24, 2.45) is 11.7 Å². The Labute approximate surface area is 185 Å². The van der Waals surface area contributed by atoms with Gasteiger partial charge in [0.2, 0.25) is 5.91 Å². The van der Waals surface area contributed by atoms with Crippen LogP contribution >= 0.6 is 24.8 Å². The lowest BCUT2D eigenvalue weighted by atomic mass is 9.91. The van der Waals surface area contributed by atoms with E-state index in [2.05, 4.69) is 22.3 Å². The summed E-state index contributed by atoms with van der Waals surface area (Å²) in [6.45, 7) is 5.02. The van der Waals surface area contributed by atoms with Gasteiger partial charge in [0.25, 0.3) is 0 Å². The Bertz CT molecular complexity index is 594. The zero-order valence-corrected chi connectivity index (χ0v) is 18.5. The largest absolute Gasteiger partial charge is 0.497 e. The first-order valence-electron chi connectivity index (χ1n) is 9.76. The fourth-order valence-corrected chi connectivity index (χ4v) is 3.78. The zero-order chi connectivity index (χ0) is 19.1. The Morgan fingerprint density at radius 2 is 1.72 bits per heavy atom. The van der Waals surface area contributed by atoms with E-state index in [1.54, 1.807) is 7.11 Å². The Balaban J connectivity index is 0.00000210. The highest BCUT2D eigenvalue weighted by Gasteiger charge is 2.28. The molecule has 0 saturated carbocycles. The molecule has 7 nitrogen and oxygen atoms in total. The molecule has 9 heteroatoms. The number of amides is 1. The number of methoxy groups -OCH3 is 1. The molecule has 3 rings (SSSR count). The number of nitrogens with two attached hydrogens (primary N) is 1. The third kappa shape index (κ3) is 7.27. The smallest absolute Gasteiger partial charge is 0.237 e. The number of morpholine rings is 1. The van der Waals surface area contributed by atoms with Gasteiger partial charge in [-0.1, -0.05) is 12.1 Å².